The first-order valence-corrected chi connectivity index (χ1v) is 4.65. The molecule has 2 N–H and O–H groups in total. The summed E-state index contributed by atoms with van der Waals surface area (Å²) >= 11 is 11.4. The normalized spacial score (nSPS) is 10.1. The van der Waals surface area contributed by atoms with Crippen molar-refractivity contribution in [2.45, 2.75) is 0 Å². The van der Waals surface area contributed by atoms with E-state index in [4.69, 9.17) is 23.2 Å². The van der Waals surface area contributed by atoms with Gasteiger partial charge in [0.2, 0.25) is 0 Å². The van der Waals surface area contributed by atoms with Gasteiger partial charge in [0.1, 0.15) is 12.0 Å². The third kappa shape index (κ3) is 2.07. The van der Waals surface area contributed by atoms with Crippen molar-refractivity contribution in [3.05, 3.63) is 22.5 Å². The molecule has 10 heteroatoms. The number of hydrogen-bond acceptors (Lipinski definition) is 6. The number of tetrazole rings is 1. The van der Waals surface area contributed by atoms with E-state index >= 15 is 0 Å². The fraction of sp³-hybridized carbons (Fsp3) is 0. The van der Waals surface area contributed by atoms with Crippen LogP contribution in [0.2, 0.25) is 10.3 Å². The number of aromatic nitrogens is 6. The summed E-state index contributed by atoms with van der Waals surface area (Å²) in [5, 5.41) is 14.8. The number of carbonyl (C=O) groups excluding carboxylic acids is 1. The van der Waals surface area contributed by atoms with Gasteiger partial charge in [-0.15, -0.1) is 10.2 Å². The van der Waals surface area contributed by atoms with Gasteiger partial charge in [-0.2, -0.15) is 5.21 Å². The first-order chi connectivity index (χ1) is 7.68. The van der Waals surface area contributed by atoms with Crippen LogP contribution in [0.5, 0.6) is 0 Å². The van der Waals surface area contributed by atoms with Crippen LogP contribution in [0.25, 0.3) is 0 Å². The molecule has 0 radical (unpaired) electrons. The molecule has 2 aromatic rings. The Hall–Kier alpha value is -1.80. The standard InChI is InChI=1S/C6H3Cl2N7O/c7-3-2(4(8)10-1-9-3)11-6(16)5-12-14-15-13-5/h1H,(H,11,16)(H,12,13,14,15). The van der Waals surface area contributed by atoms with Gasteiger partial charge < -0.3 is 5.32 Å². The van der Waals surface area contributed by atoms with E-state index in [2.05, 4.69) is 35.9 Å². The summed E-state index contributed by atoms with van der Waals surface area (Å²) in [6.45, 7) is 0. The Morgan fingerprint density at radius 1 is 1.31 bits per heavy atom. The van der Waals surface area contributed by atoms with E-state index in [1.165, 1.54) is 6.33 Å². The number of aromatic amines is 1. The fourth-order valence-corrected chi connectivity index (χ4v) is 1.28. The predicted molar refractivity (Wildman–Crippen MR) is 54.2 cm³/mol. The van der Waals surface area contributed by atoms with E-state index in [-0.39, 0.29) is 21.8 Å². The van der Waals surface area contributed by atoms with Crippen LogP contribution in [0.1, 0.15) is 10.6 Å². The Labute approximate surface area is 98.4 Å². The third-order valence-corrected chi connectivity index (χ3v) is 2.11. The molecule has 1 amide bonds. The Morgan fingerprint density at radius 2 is 2.00 bits per heavy atom. The molecule has 0 aromatic carbocycles. The minimum absolute atomic E-state index is 0.0249. The zero-order chi connectivity index (χ0) is 11.5. The van der Waals surface area contributed by atoms with Crippen molar-refractivity contribution in [1.82, 2.24) is 30.6 Å². The molecule has 0 atom stereocenters. The van der Waals surface area contributed by atoms with E-state index in [0.717, 1.165) is 0 Å². The molecule has 0 spiro atoms. The summed E-state index contributed by atoms with van der Waals surface area (Å²) in [5.41, 5.74) is 0.0978. The van der Waals surface area contributed by atoms with Gasteiger partial charge >= 0.3 is 0 Å². The van der Waals surface area contributed by atoms with Crippen LogP contribution in [0, 0.1) is 0 Å². The molecule has 82 valence electrons. The molecule has 16 heavy (non-hydrogen) atoms. The second-order valence-corrected chi connectivity index (χ2v) is 3.24. The Bertz CT molecular complexity index is 493. The summed E-state index contributed by atoms with van der Waals surface area (Å²) in [5.74, 6) is -0.761. The Balaban J connectivity index is 2.25. The highest BCUT2D eigenvalue weighted by Gasteiger charge is 2.16. The number of anilines is 1. The molecule has 0 aliphatic heterocycles. The van der Waals surface area contributed by atoms with Crippen LogP contribution >= 0.6 is 23.2 Å². The topological polar surface area (TPSA) is 109 Å². The molecule has 0 aliphatic carbocycles. The lowest BCUT2D eigenvalue weighted by molar-refractivity contribution is 0.101. The number of amides is 1. The highest BCUT2D eigenvalue weighted by atomic mass is 35.5. The first-order valence-electron chi connectivity index (χ1n) is 3.89. The number of hydrogen-bond donors (Lipinski definition) is 2. The third-order valence-electron chi connectivity index (χ3n) is 1.54. The van der Waals surface area contributed by atoms with E-state index in [9.17, 15) is 4.79 Å². The Morgan fingerprint density at radius 3 is 2.56 bits per heavy atom. The van der Waals surface area contributed by atoms with Gasteiger partial charge in [0.15, 0.2) is 10.3 Å². The fourth-order valence-electron chi connectivity index (χ4n) is 0.875. The van der Waals surface area contributed by atoms with Crippen molar-refractivity contribution >= 4 is 34.8 Å². The minimum Gasteiger partial charge on any atom is -0.314 e. The monoisotopic (exact) mass is 259 g/mol. The largest absolute Gasteiger partial charge is 0.314 e. The number of nitrogens with one attached hydrogen (secondary N) is 2. The lowest BCUT2D eigenvalue weighted by Crippen LogP contribution is -2.15. The molecular formula is C6H3Cl2N7O. The molecule has 8 nitrogen and oxygen atoms in total. The van der Waals surface area contributed by atoms with Crippen LogP contribution in [0.15, 0.2) is 6.33 Å². The van der Waals surface area contributed by atoms with Crippen LogP contribution in [0.4, 0.5) is 5.69 Å². The number of nitrogens with zero attached hydrogens (tertiary/aromatic N) is 5. The van der Waals surface area contributed by atoms with Crippen LogP contribution in [0.3, 0.4) is 0 Å². The zero-order valence-electron chi connectivity index (χ0n) is 7.48. The van der Waals surface area contributed by atoms with Gasteiger partial charge in [-0.05, 0) is 5.21 Å². The van der Waals surface area contributed by atoms with E-state index < -0.39 is 5.91 Å². The molecule has 0 unspecified atom stereocenters. The van der Waals surface area contributed by atoms with Gasteiger partial charge in [-0.1, -0.05) is 23.2 Å². The SMILES string of the molecule is O=C(Nc1c(Cl)ncnc1Cl)c1nn[nH]n1. The second-order valence-electron chi connectivity index (χ2n) is 2.52. The molecule has 2 aromatic heterocycles. The maximum absolute atomic E-state index is 11.5. The number of rotatable bonds is 2. The van der Waals surface area contributed by atoms with Crippen LogP contribution in [-0.4, -0.2) is 36.5 Å². The minimum atomic E-state index is -0.618. The van der Waals surface area contributed by atoms with Gasteiger partial charge in [0.25, 0.3) is 11.7 Å². The molecular weight excluding hydrogens is 257 g/mol. The maximum atomic E-state index is 11.5. The second kappa shape index (κ2) is 4.37. The van der Waals surface area contributed by atoms with Gasteiger partial charge in [-0.3, -0.25) is 4.79 Å². The Kier molecular flexibility index (Phi) is 2.93. The summed E-state index contributed by atoms with van der Waals surface area (Å²) in [6, 6.07) is 0. The van der Waals surface area contributed by atoms with Crippen molar-refractivity contribution in [1.29, 1.82) is 0 Å². The number of H-pyrrole nitrogens is 1. The summed E-state index contributed by atoms with van der Waals surface area (Å²) in [7, 11) is 0. The van der Waals surface area contributed by atoms with Gasteiger partial charge in [0.05, 0.1) is 0 Å². The number of halogens is 2. The van der Waals surface area contributed by atoms with Crippen molar-refractivity contribution < 1.29 is 4.79 Å². The van der Waals surface area contributed by atoms with Crippen molar-refractivity contribution in [3.63, 3.8) is 0 Å². The first kappa shape index (κ1) is 10.7. The van der Waals surface area contributed by atoms with E-state index in [1.807, 2.05) is 0 Å². The molecule has 2 rings (SSSR count). The highest BCUT2D eigenvalue weighted by Crippen LogP contribution is 2.25. The van der Waals surface area contributed by atoms with Crippen molar-refractivity contribution in [2.75, 3.05) is 5.32 Å². The molecule has 2 heterocycles. The molecule has 0 saturated heterocycles. The molecule has 0 bridgehead atoms. The predicted octanol–water partition coefficient (Wildman–Crippen LogP) is 0.549. The average molecular weight is 260 g/mol. The van der Waals surface area contributed by atoms with Crippen molar-refractivity contribution in [2.24, 2.45) is 0 Å². The van der Waals surface area contributed by atoms with Gasteiger partial charge in [0, 0.05) is 0 Å². The van der Waals surface area contributed by atoms with E-state index in [1.54, 1.807) is 0 Å². The highest BCUT2D eigenvalue weighted by molar-refractivity contribution is 6.38. The van der Waals surface area contributed by atoms with Gasteiger partial charge in [-0.25, -0.2) is 9.97 Å². The molecule has 0 aliphatic rings. The zero-order valence-corrected chi connectivity index (χ0v) is 8.99. The summed E-state index contributed by atoms with van der Waals surface area (Å²) in [4.78, 5) is 18.8. The smallest absolute Gasteiger partial charge is 0.297 e. The summed E-state index contributed by atoms with van der Waals surface area (Å²) < 4.78 is 0. The lowest BCUT2D eigenvalue weighted by Gasteiger charge is -2.04. The maximum Gasteiger partial charge on any atom is 0.297 e. The average Bonchev–Trinajstić information content (AvgIpc) is 2.76. The van der Waals surface area contributed by atoms with Crippen LogP contribution < -0.4 is 5.32 Å². The lowest BCUT2D eigenvalue weighted by atomic mass is 10.5. The summed E-state index contributed by atoms with van der Waals surface area (Å²) in [6.07, 6.45) is 1.18. The van der Waals surface area contributed by atoms with Crippen LogP contribution in [-0.2, 0) is 0 Å². The van der Waals surface area contributed by atoms with Crippen molar-refractivity contribution in [3.8, 4) is 0 Å². The quantitative estimate of drug-likeness (QED) is 0.763. The number of carbonyl (C=O) groups is 1. The molecule has 0 saturated carbocycles. The van der Waals surface area contributed by atoms with E-state index in [0.29, 0.717) is 0 Å². The molecule has 0 fully saturated rings.